The van der Waals surface area contributed by atoms with Crippen LogP contribution in [0.5, 0.6) is 0 Å². The maximum atomic E-state index is 12.6. The van der Waals surface area contributed by atoms with Crippen molar-refractivity contribution in [3.05, 3.63) is 59.9 Å². The van der Waals surface area contributed by atoms with Crippen molar-refractivity contribution in [2.45, 2.75) is 43.5 Å². The standard InChI is InChI=1S/C22H27N3O2S/c26-21(24-14-17-6-2-1-3-7-17)16-28-20-9-5-4-8-19(20)22(27)25-15-18-10-12-23-13-11-18/h4-5,8-13,17H,1-3,6-7,14-16H2,(H,24,26)(H,25,27). The Morgan fingerprint density at radius 2 is 1.75 bits per heavy atom. The second-order valence-corrected chi connectivity index (χ2v) is 8.15. The van der Waals surface area contributed by atoms with Gasteiger partial charge in [0.25, 0.3) is 5.91 Å². The molecule has 0 unspecified atom stereocenters. The van der Waals surface area contributed by atoms with Gasteiger partial charge in [-0.15, -0.1) is 11.8 Å². The molecule has 1 aromatic carbocycles. The summed E-state index contributed by atoms with van der Waals surface area (Å²) in [5, 5.41) is 5.98. The van der Waals surface area contributed by atoms with E-state index in [4.69, 9.17) is 0 Å². The van der Waals surface area contributed by atoms with Crippen molar-refractivity contribution in [2.24, 2.45) is 5.92 Å². The van der Waals surface area contributed by atoms with Crippen LogP contribution >= 0.6 is 11.8 Å². The van der Waals surface area contributed by atoms with Crippen molar-refractivity contribution in [3.63, 3.8) is 0 Å². The van der Waals surface area contributed by atoms with E-state index in [9.17, 15) is 9.59 Å². The van der Waals surface area contributed by atoms with Gasteiger partial charge in [-0.1, -0.05) is 31.4 Å². The molecule has 1 aliphatic rings. The first-order chi connectivity index (χ1) is 13.7. The topological polar surface area (TPSA) is 71.1 Å². The Morgan fingerprint density at radius 3 is 2.54 bits per heavy atom. The third-order valence-electron chi connectivity index (χ3n) is 5.01. The lowest BCUT2D eigenvalue weighted by Crippen LogP contribution is -2.31. The molecule has 1 heterocycles. The van der Waals surface area contributed by atoms with Crippen molar-refractivity contribution in [1.82, 2.24) is 15.6 Å². The molecular weight excluding hydrogens is 370 g/mol. The Morgan fingerprint density at radius 1 is 1.00 bits per heavy atom. The zero-order valence-corrected chi connectivity index (χ0v) is 16.8. The average Bonchev–Trinajstić information content (AvgIpc) is 2.76. The Labute approximate surface area is 170 Å². The summed E-state index contributed by atoms with van der Waals surface area (Å²) in [6.45, 7) is 1.22. The number of carbonyl (C=O) groups excluding carboxylic acids is 2. The fourth-order valence-electron chi connectivity index (χ4n) is 3.40. The van der Waals surface area contributed by atoms with Crippen molar-refractivity contribution >= 4 is 23.6 Å². The molecule has 1 fully saturated rings. The van der Waals surface area contributed by atoms with Gasteiger partial charge < -0.3 is 10.6 Å². The van der Waals surface area contributed by atoms with E-state index >= 15 is 0 Å². The van der Waals surface area contributed by atoms with Crippen molar-refractivity contribution in [1.29, 1.82) is 0 Å². The monoisotopic (exact) mass is 397 g/mol. The summed E-state index contributed by atoms with van der Waals surface area (Å²) >= 11 is 1.41. The summed E-state index contributed by atoms with van der Waals surface area (Å²) in [6.07, 6.45) is 9.71. The smallest absolute Gasteiger partial charge is 0.252 e. The summed E-state index contributed by atoms with van der Waals surface area (Å²) in [7, 11) is 0. The molecule has 2 aromatic rings. The quantitative estimate of drug-likeness (QED) is 0.665. The third-order valence-corrected chi connectivity index (χ3v) is 6.08. The van der Waals surface area contributed by atoms with E-state index in [1.165, 1.54) is 43.9 Å². The molecule has 148 valence electrons. The highest BCUT2D eigenvalue weighted by Crippen LogP contribution is 2.24. The summed E-state index contributed by atoms with van der Waals surface area (Å²) in [5.74, 6) is 0.834. The van der Waals surface area contributed by atoms with Crippen LogP contribution in [0.1, 0.15) is 48.0 Å². The van der Waals surface area contributed by atoms with Crippen molar-refractivity contribution in [3.8, 4) is 0 Å². The molecule has 2 amide bonds. The van der Waals surface area contributed by atoms with E-state index in [-0.39, 0.29) is 11.8 Å². The Hall–Kier alpha value is -2.34. The van der Waals surface area contributed by atoms with E-state index in [1.807, 2.05) is 30.3 Å². The minimum Gasteiger partial charge on any atom is -0.355 e. The minimum atomic E-state index is -0.137. The molecule has 1 aliphatic carbocycles. The van der Waals surface area contributed by atoms with Crippen LogP contribution in [0.15, 0.2) is 53.7 Å². The van der Waals surface area contributed by atoms with E-state index < -0.39 is 0 Å². The fourth-order valence-corrected chi connectivity index (χ4v) is 4.28. The number of pyridine rings is 1. The third kappa shape index (κ3) is 6.37. The molecule has 0 saturated heterocycles. The minimum absolute atomic E-state index is 0.0302. The maximum Gasteiger partial charge on any atom is 0.252 e. The number of amides is 2. The van der Waals surface area contributed by atoms with Gasteiger partial charge in [0, 0.05) is 30.4 Å². The number of nitrogens with one attached hydrogen (secondary N) is 2. The molecule has 0 radical (unpaired) electrons. The maximum absolute atomic E-state index is 12.6. The first-order valence-electron chi connectivity index (χ1n) is 9.88. The lowest BCUT2D eigenvalue weighted by molar-refractivity contribution is -0.118. The highest BCUT2D eigenvalue weighted by atomic mass is 32.2. The zero-order chi connectivity index (χ0) is 19.6. The van der Waals surface area contributed by atoms with E-state index in [2.05, 4.69) is 15.6 Å². The van der Waals surface area contributed by atoms with Crippen LogP contribution in [-0.4, -0.2) is 29.1 Å². The summed E-state index contributed by atoms with van der Waals surface area (Å²) in [5.41, 5.74) is 1.59. The SMILES string of the molecule is O=C(CSc1ccccc1C(=O)NCc1ccncc1)NCC1CCCCC1. The molecule has 28 heavy (non-hydrogen) atoms. The van der Waals surface area contributed by atoms with Gasteiger partial charge in [0.2, 0.25) is 5.91 Å². The normalized spacial score (nSPS) is 14.4. The molecule has 1 saturated carbocycles. The number of aromatic nitrogens is 1. The van der Waals surface area contributed by atoms with Crippen LogP contribution in [-0.2, 0) is 11.3 Å². The van der Waals surface area contributed by atoms with Gasteiger partial charge >= 0.3 is 0 Å². The first-order valence-corrected chi connectivity index (χ1v) is 10.9. The number of thioether (sulfide) groups is 1. The van der Waals surface area contributed by atoms with Gasteiger partial charge in [-0.25, -0.2) is 0 Å². The summed E-state index contributed by atoms with van der Waals surface area (Å²) < 4.78 is 0. The fraction of sp³-hybridized carbons (Fsp3) is 0.409. The van der Waals surface area contributed by atoms with Gasteiger partial charge in [-0.2, -0.15) is 0 Å². The molecule has 5 nitrogen and oxygen atoms in total. The molecule has 1 aromatic heterocycles. The largest absolute Gasteiger partial charge is 0.355 e. The van der Waals surface area contributed by atoms with Gasteiger partial charge in [0.1, 0.15) is 0 Å². The second kappa shape index (κ2) is 10.9. The molecule has 0 atom stereocenters. The lowest BCUT2D eigenvalue weighted by atomic mass is 9.89. The van der Waals surface area contributed by atoms with Gasteiger partial charge in [0.15, 0.2) is 0 Å². The number of rotatable bonds is 8. The number of hydrogen-bond acceptors (Lipinski definition) is 4. The molecular formula is C22H27N3O2S. The number of carbonyl (C=O) groups is 2. The van der Waals surface area contributed by atoms with Crippen LogP contribution in [0.3, 0.4) is 0 Å². The van der Waals surface area contributed by atoms with Crippen LogP contribution in [0.2, 0.25) is 0 Å². The predicted octanol–water partition coefficient (Wildman–Crippen LogP) is 3.80. The average molecular weight is 398 g/mol. The van der Waals surface area contributed by atoms with Crippen molar-refractivity contribution in [2.75, 3.05) is 12.3 Å². The highest BCUT2D eigenvalue weighted by molar-refractivity contribution is 8.00. The van der Waals surface area contributed by atoms with Crippen LogP contribution in [0.4, 0.5) is 0 Å². The van der Waals surface area contributed by atoms with E-state index in [0.717, 1.165) is 17.0 Å². The second-order valence-electron chi connectivity index (χ2n) is 7.13. The van der Waals surface area contributed by atoms with Gasteiger partial charge in [-0.3, -0.25) is 14.6 Å². The molecule has 0 bridgehead atoms. The predicted molar refractivity (Wildman–Crippen MR) is 112 cm³/mol. The van der Waals surface area contributed by atoms with Gasteiger partial charge in [-0.05, 0) is 48.6 Å². The molecule has 6 heteroatoms. The first kappa shape index (κ1) is 20.4. The van der Waals surface area contributed by atoms with E-state index in [1.54, 1.807) is 18.5 Å². The lowest BCUT2D eigenvalue weighted by Gasteiger charge is -2.21. The van der Waals surface area contributed by atoms with Crippen molar-refractivity contribution < 1.29 is 9.59 Å². The number of hydrogen-bond donors (Lipinski definition) is 2. The molecule has 0 spiro atoms. The number of nitrogens with zero attached hydrogens (tertiary/aromatic N) is 1. The summed E-state index contributed by atoms with van der Waals surface area (Å²) in [4.78, 5) is 29.6. The summed E-state index contributed by atoms with van der Waals surface area (Å²) in [6, 6.07) is 11.2. The molecule has 3 rings (SSSR count). The van der Waals surface area contributed by atoms with Gasteiger partial charge in [0.05, 0.1) is 11.3 Å². The number of benzene rings is 1. The van der Waals surface area contributed by atoms with Crippen LogP contribution in [0.25, 0.3) is 0 Å². The van der Waals surface area contributed by atoms with Crippen LogP contribution in [0, 0.1) is 5.92 Å². The Kier molecular flexibility index (Phi) is 7.91. The Bertz CT molecular complexity index is 776. The molecule has 2 N–H and O–H groups in total. The zero-order valence-electron chi connectivity index (χ0n) is 16.0. The molecule has 0 aliphatic heterocycles. The van der Waals surface area contributed by atoms with E-state index in [0.29, 0.717) is 23.8 Å². The van der Waals surface area contributed by atoms with Crippen LogP contribution < -0.4 is 10.6 Å². The Balaban J connectivity index is 1.48. The highest BCUT2D eigenvalue weighted by Gasteiger charge is 2.15.